The second-order valence-electron chi connectivity index (χ2n) is 10.2. The third-order valence-corrected chi connectivity index (χ3v) is 7.87. The average molecular weight is 421 g/mol. The molecule has 3 saturated heterocycles. The van der Waals surface area contributed by atoms with Gasteiger partial charge in [-0.2, -0.15) is 0 Å². The first-order chi connectivity index (χ1) is 15.1. The van der Waals surface area contributed by atoms with E-state index in [1.54, 1.807) is 0 Å². The van der Waals surface area contributed by atoms with Crippen LogP contribution in [0.3, 0.4) is 0 Å². The summed E-state index contributed by atoms with van der Waals surface area (Å²) in [6.07, 6.45) is 9.17. The first-order valence-corrected chi connectivity index (χ1v) is 12.2. The molecule has 5 nitrogen and oxygen atoms in total. The summed E-state index contributed by atoms with van der Waals surface area (Å²) in [6.45, 7) is 9.31. The Hall–Kier alpha value is -1.98. The summed E-state index contributed by atoms with van der Waals surface area (Å²) in [4.78, 5) is 22.1. The van der Waals surface area contributed by atoms with E-state index in [2.05, 4.69) is 44.4 Å². The molecule has 4 atom stereocenters. The predicted molar refractivity (Wildman–Crippen MR) is 125 cm³/mol. The van der Waals surface area contributed by atoms with E-state index < -0.39 is 0 Å². The van der Waals surface area contributed by atoms with Crippen LogP contribution in [0.4, 0.5) is 0 Å². The van der Waals surface area contributed by atoms with Gasteiger partial charge in [-0.25, -0.2) is 0 Å². The van der Waals surface area contributed by atoms with E-state index >= 15 is 0 Å². The molecule has 0 aliphatic carbocycles. The van der Waals surface area contributed by atoms with E-state index in [4.69, 9.17) is 0 Å². The number of hydrogen-bond donors (Lipinski definition) is 1. The van der Waals surface area contributed by atoms with E-state index in [0.717, 1.165) is 25.6 Å². The maximum atomic E-state index is 12.3. The number of nitrogens with zero attached hydrogens (tertiary/aromatic N) is 3. The number of hydrogen-bond acceptors (Lipinski definition) is 4. The Kier molecular flexibility index (Phi) is 5.98. The minimum absolute atomic E-state index is 0.0530. The van der Waals surface area contributed by atoms with Gasteiger partial charge in [-0.1, -0.05) is 38.5 Å². The molecule has 3 fully saturated rings. The van der Waals surface area contributed by atoms with Gasteiger partial charge in [-0.3, -0.25) is 19.6 Å². The van der Waals surface area contributed by atoms with Crippen molar-refractivity contribution >= 4 is 16.7 Å². The van der Waals surface area contributed by atoms with Gasteiger partial charge in [0.2, 0.25) is 5.91 Å². The Morgan fingerprint density at radius 2 is 2.06 bits per heavy atom. The van der Waals surface area contributed by atoms with E-state index in [9.17, 15) is 4.79 Å². The lowest BCUT2D eigenvalue weighted by Crippen LogP contribution is -2.65. The van der Waals surface area contributed by atoms with Gasteiger partial charge in [0, 0.05) is 62.0 Å². The quantitative estimate of drug-likeness (QED) is 0.802. The van der Waals surface area contributed by atoms with Crippen molar-refractivity contribution in [3.8, 4) is 0 Å². The number of benzene rings is 1. The molecule has 4 heterocycles. The number of piperidine rings is 3. The molecule has 1 aromatic heterocycles. The highest BCUT2D eigenvalue weighted by atomic mass is 16.1. The van der Waals surface area contributed by atoms with Crippen molar-refractivity contribution in [3.63, 3.8) is 0 Å². The first kappa shape index (κ1) is 20.9. The van der Waals surface area contributed by atoms with Crippen LogP contribution in [0.15, 0.2) is 36.7 Å². The highest BCUT2D eigenvalue weighted by Gasteiger charge is 2.47. The van der Waals surface area contributed by atoms with Gasteiger partial charge < -0.3 is 5.32 Å². The molecule has 31 heavy (non-hydrogen) atoms. The van der Waals surface area contributed by atoms with Crippen LogP contribution in [0.2, 0.25) is 0 Å². The zero-order valence-corrected chi connectivity index (χ0v) is 19.0. The number of nitrogens with one attached hydrogen (secondary N) is 1. The van der Waals surface area contributed by atoms with Crippen LogP contribution < -0.4 is 5.32 Å². The van der Waals surface area contributed by atoms with Gasteiger partial charge in [-0.05, 0) is 54.7 Å². The van der Waals surface area contributed by atoms with Crippen molar-refractivity contribution in [1.29, 1.82) is 0 Å². The lowest BCUT2D eigenvalue weighted by molar-refractivity contribution is -0.125. The van der Waals surface area contributed by atoms with Crippen molar-refractivity contribution in [2.75, 3.05) is 26.2 Å². The molecule has 166 valence electrons. The predicted octanol–water partition coefficient (Wildman–Crippen LogP) is 3.68. The van der Waals surface area contributed by atoms with E-state index in [1.165, 1.54) is 55.1 Å². The summed E-state index contributed by atoms with van der Waals surface area (Å²) >= 11 is 0. The van der Waals surface area contributed by atoms with E-state index in [0.29, 0.717) is 18.0 Å². The van der Waals surface area contributed by atoms with E-state index in [1.807, 2.05) is 26.2 Å². The molecule has 0 spiro atoms. The van der Waals surface area contributed by atoms with Gasteiger partial charge in [0.1, 0.15) is 0 Å². The fourth-order valence-electron chi connectivity index (χ4n) is 6.39. The molecule has 0 unspecified atom stereocenters. The van der Waals surface area contributed by atoms with Crippen LogP contribution in [-0.4, -0.2) is 59.0 Å². The molecule has 5 rings (SSSR count). The van der Waals surface area contributed by atoms with Gasteiger partial charge in [0.15, 0.2) is 0 Å². The van der Waals surface area contributed by atoms with Crippen LogP contribution in [-0.2, 0) is 11.3 Å². The number of likely N-dealkylation sites (tertiary alicyclic amines) is 1. The largest absolute Gasteiger partial charge is 0.354 e. The molecule has 1 amide bonds. The molecule has 0 radical (unpaired) electrons. The van der Waals surface area contributed by atoms with Crippen LogP contribution >= 0.6 is 0 Å². The second-order valence-corrected chi connectivity index (χ2v) is 10.2. The topological polar surface area (TPSA) is 48.5 Å². The van der Waals surface area contributed by atoms with Crippen molar-refractivity contribution < 1.29 is 4.79 Å². The molecule has 3 aliphatic heterocycles. The van der Waals surface area contributed by atoms with Crippen molar-refractivity contribution in [2.24, 2.45) is 17.8 Å². The Bertz CT molecular complexity index is 923. The van der Waals surface area contributed by atoms with Crippen molar-refractivity contribution in [3.05, 3.63) is 42.2 Å². The SMILES string of the molecule is CC(C)C(=O)NC[C@H]1[C@H]2C[C@H](CN(Cc3cccc4cnccc34)C2)[C@@H]2CCCCN21. The minimum atomic E-state index is 0.0530. The molecule has 3 aliphatic rings. The van der Waals surface area contributed by atoms with Crippen molar-refractivity contribution in [1.82, 2.24) is 20.1 Å². The zero-order valence-electron chi connectivity index (χ0n) is 19.0. The minimum Gasteiger partial charge on any atom is -0.354 e. The van der Waals surface area contributed by atoms with Crippen LogP contribution in [0.1, 0.15) is 45.1 Å². The monoisotopic (exact) mass is 420 g/mol. The van der Waals surface area contributed by atoms with Gasteiger partial charge in [0.05, 0.1) is 0 Å². The highest BCUT2D eigenvalue weighted by molar-refractivity contribution is 5.84. The molecule has 2 bridgehead atoms. The maximum Gasteiger partial charge on any atom is 0.222 e. The number of pyridine rings is 1. The summed E-state index contributed by atoms with van der Waals surface area (Å²) in [5, 5.41) is 5.82. The number of rotatable bonds is 5. The molecular formula is C26H36N4O. The lowest BCUT2D eigenvalue weighted by Gasteiger charge is -2.57. The lowest BCUT2D eigenvalue weighted by atomic mass is 9.72. The Morgan fingerprint density at radius 3 is 2.94 bits per heavy atom. The summed E-state index contributed by atoms with van der Waals surface area (Å²) in [5.41, 5.74) is 1.41. The van der Waals surface area contributed by atoms with Gasteiger partial charge in [-0.15, -0.1) is 0 Å². The number of fused-ring (bicyclic) bond motifs is 5. The van der Waals surface area contributed by atoms with Crippen LogP contribution in [0.5, 0.6) is 0 Å². The Balaban J connectivity index is 1.35. The van der Waals surface area contributed by atoms with E-state index in [-0.39, 0.29) is 11.8 Å². The third kappa shape index (κ3) is 4.22. The summed E-state index contributed by atoms with van der Waals surface area (Å²) in [7, 11) is 0. The molecule has 1 aromatic carbocycles. The Labute approximate surface area is 186 Å². The smallest absolute Gasteiger partial charge is 0.222 e. The Morgan fingerprint density at radius 1 is 1.19 bits per heavy atom. The average Bonchev–Trinajstić information content (AvgIpc) is 2.79. The standard InChI is InChI=1S/C26H36N4O/c1-18(2)26(31)28-14-25-22-12-21(24-8-3-4-11-30(24)25)16-29(17-22)15-20-7-5-6-19-13-27-10-9-23(19)20/h5-7,9-10,13,18,21-22,24-25H,3-4,8,11-12,14-17H2,1-2H3,(H,28,31)/t21-,22+,24+,25+/m1/s1. The summed E-state index contributed by atoms with van der Waals surface area (Å²) in [6, 6.07) is 9.92. The van der Waals surface area contributed by atoms with Crippen molar-refractivity contribution in [2.45, 2.75) is 58.2 Å². The van der Waals surface area contributed by atoms with Gasteiger partial charge in [0.25, 0.3) is 0 Å². The molecule has 2 aromatic rings. The highest BCUT2D eigenvalue weighted by Crippen LogP contribution is 2.41. The van der Waals surface area contributed by atoms with Crippen LogP contribution in [0, 0.1) is 17.8 Å². The van der Waals surface area contributed by atoms with Gasteiger partial charge >= 0.3 is 0 Å². The number of carbonyl (C=O) groups excluding carboxylic acids is 1. The first-order valence-electron chi connectivity index (χ1n) is 12.2. The molecule has 0 saturated carbocycles. The molecule has 5 heteroatoms. The normalized spacial score (nSPS) is 29.1. The maximum absolute atomic E-state index is 12.3. The number of carbonyl (C=O) groups is 1. The number of aromatic nitrogens is 1. The second kappa shape index (κ2) is 8.87. The summed E-state index contributed by atoms with van der Waals surface area (Å²) in [5.74, 6) is 1.63. The fourth-order valence-corrected chi connectivity index (χ4v) is 6.39. The fraction of sp³-hybridized carbons (Fsp3) is 0.615. The molecular weight excluding hydrogens is 384 g/mol. The third-order valence-electron chi connectivity index (χ3n) is 7.87. The number of amides is 1. The summed E-state index contributed by atoms with van der Waals surface area (Å²) < 4.78 is 0. The molecule has 1 N–H and O–H groups in total. The zero-order chi connectivity index (χ0) is 21.4. The van der Waals surface area contributed by atoms with Crippen LogP contribution in [0.25, 0.3) is 10.8 Å².